The Morgan fingerprint density at radius 2 is 1.94 bits per heavy atom. The number of aromatic hydroxyl groups is 1. The fourth-order valence-electron chi connectivity index (χ4n) is 4.00. The van der Waals surface area contributed by atoms with E-state index in [0.29, 0.717) is 43.0 Å². The normalized spacial score (nSPS) is 15.4. The molecule has 4 rings (SSSR count). The van der Waals surface area contributed by atoms with Gasteiger partial charge >= 0.3 is 5.97 Å². The monoisotopic (exact) mass is 572 g/mol. The molecule has 0 saturated carbocycles. The summed E-state index contributed by atoms with van der Waals surface area (Å²) in [7, 11) is 1.45. The number of nitrogens with zero attached hydrogens (tertiary/aromatic N) is 2. The van der Waals surface area contributed by atoms with Crippen LogP contribution in [0.3, 0.4) is 0 Å². The molecule has 36 heavy (non-hydrogen) atoms. The molecule has 2 aromatic carbocycles. The van der Waals surface area contributed by atoms with Crippen LogP contribution in [-0.4, -0.2) is 36.0 Å². The second kappa shape index (κ2) is 10.7. The topological polar surface area (TPSA) is 99.4 Å². The lowest BCUT2D eigenvalue weighted by Crippen LogP contribution is -2.39. The van der Waals surface area contributed by atoms with Gasteiger partial charge in [-0.1, -0.05) is 23.5 Å². The van der Waals surface area contributed by atoms with Gasteiger partial charge in [-0.15, -0.1) is 0 Å². The first-order chi connectivity index (χ1) is 17.3. The van der Waals surface area contributed by atoms with E-state index in [1.54, 1.807) is 32.1 Å². The number of hydrogen-bond acceptors (Lipinski definition) is 8. The highest BCUT2D eigenvalue weighted by atomic mass is 79.9. The van der Waals surface area contributed by atoms with Gasteiger partial charge in [-0.2, -0.15) is 0 Å². The molecule has 188 valence electrons. The lowest BCUT2D eigenvalue weighted by Gasteiger charge is -2.24. The van der Waals surface area contributed by atoms with Crippen molar-refractivity contribution in [2.24, 2.45) is 4.99 Å². The molecular weight excluding hydrogens is 548 g/mol. The van der Waals surface area contributed by atoms with Gasteiger partial charge in [-0.25, -0.2) is 9.79 Å². The summed E-state index contributed by atoms with van der Waals surface area (Å²) in [6.07, 6.45) is 1.70. The van der Waals surface area contributed by atoms with Crippen LogP contribution in [-0.2, 0) is 9.53 Å². The number of carbonyl (C=O) groups is 1. The van der Waals surface area contributed by atoms with Crippen molar-refractivity contribution in [1.82, 2.24) is 4.57 Å². The minimum absolute atomic E-state index is 0.0266. The molecule has 0 unspecified atom stereocenters. The number of fused-ring (bicyclic) bond motifs is 1. The van der Waals surface area contributed by atoms with Gasteiger partial charge in [0.25, 0.3) is 5.56 Å². The minimum atomic E-state index is -0.709. The van der Waals surface area contributed by atoms with E-state index in [0.717, 1.165) is 5.56 Å². The van der Waals surface area contributed by atoms with Crippen LogP contribution in [0.2, 0.25) is 0 Å². The standard InChI is InChI=1S/C26H25BrN2O6S/c1-5-34-17-9-7-16(8-10-17)22-21(25(32)35-6-2)14(3)28-26-29(22)24(31)20(36-26)13-15-11-18(27)23(30)19(12-15)33-4/h7-13,22,30H,5-6H2,1-4H3/b20-13-/t22-/m1/s1. The lowest BCUT2D eigenvalue weighted by atomic mass is 9.96. The Balaban J connectivity index is 1.92. The summed E-state index contributed by atoms with van der Waals surface area (Å²) >= 11 is 4.53. The van der Waals surface area contributed by atoms with Gasteiger partial charge < -0.3 is 19.3 Å². The van der Waals surface area contributed by atoms with E-state index in [4.69, 9.17) is 14.2 Å². The fraction of sp³-hybridized carbons (Fsp3) is 0.269. The summed E-state index contributed by atoms with van der Waals surface area (Å²) in [6.45, 7) is 6.11. The van der Waals surface area contributed by atoms with Crippen molar-refractivity contribution in [2.75, 3.05) is 20.3 Å². The van der Waals surface area contributed by atoms with Crippen LogP contribution in [0.4, 0.5) is 0 Å². The molecule has 10 heteroatoms. The largest absolute Gasteiger partial charge is 0.503 e. The number of ether oxygens (including phenoxy) is 3. The zero-order valence-electron chi connectivity index (χ0n) is 20.2. The second-order valence-corrected chi connectivity index (χ2v) is 9.72. The molecule has 0 fully saturated rings. The van der Waals surface area contributed by atoms with E-state index >= 15 is 0 Å². The maximum Gasteiger partial charge on any atom is 0.338 e. The van der Waals surface area contributed by atoms with Crippen molar-refractivity contribution in [1.29, 1.82) is 0 Å². The number of methoxy groups -OCH3 is 1. The van der Waals surface area contributed by atoms with E-state index < -0.39 is 12.0 Å². The zero-order valence-corrected chi connectivity index (χ0v) is 22.6. The van der Waals surface area contributed by atoms with Crippen LogP contribution in [0, 0.1) is 0 Å². The van der Waals surface area contributed by atoms with Crippen LogP contribution in [0.1, 0.15) is 37.9 Å². The molecule has 0 amide bonds. The average Bonchev–Trinajstić information content (AvgIpc) is 3.15. The predicted octanol–water partition coefficient (Wildman–Crippen LogP) is 3.67. The van der Waals surface area contributed by atoms with Crippen LogP contribution in [0.25, 0.3) is 6.08 Å². The number of esters is 1. The molecule has 0 radical (unpaired) electrons. The highest BCUT2D eigenvalue weighted by Gasteiger charge is 2.33. The molecule has 1 N–H and O–H groups in total. The lowest BCUT2D eigenvalue weighted by molar-refractivity contribution is -0.139. The minimum Gasteiger partial charge on any atom is -0.503 e. The Kier molecular flexibility index (Phi) is 7.65. The molecule has 1 aliphatic heterocycles. The first-order valence-corrected chi connectivity index (χ1v) is 12.9. The number of hydrogen-bond donors (Lipinski definition) is 1. The molecule has 0 bridgehead atoms. The van der Waals surface area contributed by atoms with Crippen molar-refractivity contribution in [3.63, 3.8) is 0 Å². The Morgan fingerprint density at radius 3 is 2.58 bits per heavy atom. The summed E-state index contributed by atoms with van der Waals surface area (Å²) in [5.41, 5.74) is 1.90. The molecule has 1 atom stereocenters. The fourth-order valence-corrected chi connectivity index (χ4v) is 5.51. The number of benzene rings is 2. The number of phenolic OH excluding ortho intramolecular Hbond substituents is 1. The van der Waals surface area contributed by atoms with E-state index in [-0.39, 0.29) is 23.7 Å². The second-order valence-electron chi connectivity index (χ2n) is 7.86. The summed E-state index contributed by atoms with van der Waals surface area (Å²) in [5, 5.41) is 10.1. The third kappa shape index (κ3) is 4.83. The number of carbonyl (C=O) groups excluding carboxylic acids is 1. The van der Waals surface area contributed by atoms with Gasteiger partial charge in [-0.05, 0) is 78.2 Å². The van der Waals surface area contributed by atoms with E-state index in [2.05, 4.69) is 20.9 Å². The molecule has 1 aliphatic rings. The van der Waals surface area contributed by atoms with Gasteiger partial charge in [-0.3, -0.25) is 9.36 Å². The maximum atomic E-state index is 13.7. The smallest absolute Gasteiger partial charge is 0.338 e. The maximum absolute atomic E-state index is 13.7. The molecule has 0 saturated heterocycles. The summed E-state index contributed by atoms with van der Waals surface area (Å²) in [6, 6.07) is 9.92. The third-order valence-electron chi connectivity index (χ3n) is 5.59. The van der Waals surface area contributed by atoms with Crippen molar-refractivity contribution in [3.05, 3.63) is 83.0 Å². The quantitative estimate of drug-likeness (QED) is 0.434. The Bertz CT molecular complexity index is 1520. The highest BCUT2D eigenvalue weighted by Crippen LogP contribution is 2.35. The van der Waals surface area contributed by atoms with Gasteiger partial charge in [0, 0.05) is 0 Å². The molecular formula is C26H25BrN2O6S. The van der Waals surface area contributed by atoms with E-state index in [1.807, 2.05) is 31.2 Å². The Labute approximate surface area is 219 Å². The summed E-state index contributed by atoms with van der Waals surface area (Å²) in [5.74, 6) is 0.426. The number of halogens is 1. The number of thiazole rings is 1. The van der Waals surface area contributed by atoms with Crippen molar-refractivity contribution < 1.29 is 24.1 Å². The Morgan fingerprint density at radius 1 is 1.22 bits per heavy atom. The van der Waals surface area contributed by atoms with Gasteiger partial charge in [0.05, 0.1) is 46.6 Å². The number of rotatable bonds is 7. The molecule has 2 heterocycles. The molecule has 0 aliphatic carbocycles. The van der Waals surface area contributed by atoms with Crippen molar-refractivity contribution in [3.8, 4) is 17.2 Å². The van der Waals surface area contributed by atoms with E-state index in [1.165, 1.54) is 23.0 Å². The zero-order chi connectivity index (χ0) is 26.0. The molecule has 1 aromatic heterocycles. The van der Waals surface area contributed by atoms with Crippen LogP contribution < -0.4 is 24.4 Å². The molecule has 8 nitrogen and oxygen atoms in total. The Hall–Kier alpha value is -3.37. The van der Waals surface area contributed by atoms with Crippen LogP contribution in [0.15, 0.2) is 61.9 Å². The predicted molar refractivity (Wildman–Crippen MR) is 140 cm³/mol. The van der Waals surface area contributed by atoms with Crippen molar-refractivity contribution >= 4 is 39.3 Å². The highest BCUT2D eigenvalue weighted by molar-refractivity contribution is 9.10. The third-order valence-corrected chi connectivity index (χ3v) is 7.18. The van der Waals surface area contributed by atoms with Crippen molar-refractivity contribution in [2.45, 2.75) is 26.8 Å². The summed E-state index contributed by atoms with van der Waals surface area (Å²) < 4.78 is 18.5. The van der Waals surface area contributed by atoms with E-state index in [9.17, 15) is 14.7 Å². The summed E-state index contributed by atoms with van der Waals surface area (Å²) in [4.78, 5) is 31.7. The first kappa shape index (κ1) is 25.7. The number of phenols is 1. The van der Waals surface area contributed by atoms with Gasteiger partial charge in [0.2, 0.25) is 0 Å². The molecule has 0 spiro atoms. The SMILES string of the molecule is CCOC(=O)C1=C(C)N=c2s/c(=C\c3cc(Br)c(O)c(OC)c3)c(=O)n2[C@@H]1c1ccc(OCC)cc1. The van der Waals surface area contributed by atoms with Crippen LogP contribution >= 0.6 is 27.3 Å². The van der Waals surface area contributed by atoms with Gasteiger partial charge in [0.15, 0.2) is 16.3 Å². The molecule has 3 aromatic rings. The number of allylic oxidation sites excluding steroid dienone is 1. The first-order valence-electron chi connectivity index (χ1n) is 11.3. The van der Waals surface area contributed by atoms with Crippen LogP contribution in [0.5, 0.6) is 17.2 Å². The van der Waals surface area contributed by atoms with Gasteiger partial charge in [0.1, 0.15) is 5.75 Å². The number of aromatic nitrogens is 1. The average molecular weight is 573 g/mol.